The molecule has 0 fully saturated rings. The Morgan fingerprint density at radius 2 is 1.50 bits per heavy atom. The third-order valence-electron chi connectivity index (χ3n) is 3.18. The molecule has 134 valence electrons. The Balaban J connectivity index is 0.000000429. The van der Waals surface area contributed by atoms with Crippen LogP contribution in [0.15, 0.2) is 86.0 Å². The topological polar surface area (TPSA) is 94.1 Å². The van der Waals surface area contributed by atoms with Gasteiger partial charge in [-0.3, -0.25) is 0 Å². The number of aromatic amines is 1. The van der Waals surface area contributed by atoms with Crippen LogP contribution in [0.2, 0.25) is 0 Å². The largest absolute Gasteiger partial charge is 1.00 e. The summed E-state index contributed by atoms with van der Waals surface area (Å²) >= 11 is 0. The quantitative estimate of drug-likeness (QED) is 0.497. The van der Waals surface area contributed by atoms with Gasteiger partial charge < -0.3 is 11.0 Å². The van der Waals surface area contributed by atoms with E-state index in [1.165, 1.54) is 24.3 Å². The van der Waals surface area contributed by atoms with Crippen LogP contribution in [0.5, 0.6) is 0 Å². The summed E-state index contributed by atoms with van der Waals surface area (Å²) in [6, 6.07) is 16.7. The fourth-order valence-electron chi connectivity index (χ4n) is 1.86. The first-order chi connectivity index (χ1) is 13.2. The number of aromatic nitrogens is 4. The van der Waals surface area contributed by atoms with E-state index in [1.807, 2.05) is 29.0 Å². The van der Waals surface area contributed by atoms with Gasteiger partial charge in [0.05, 0.1) is 35.9 Å². The number of rotatable bonds is 1. The van der Waals surface area contributed by atoms with E-state index in [0.29, 0.717) is 11.1 Å². The van der Waals surface area contributed by atoms with Gasteiger partial charge in [0.15, 0.2) is 0 Å². The van der Waals surface area contributed by atoms with Gasteiger partial charge in [-0.2, -0.15) is 10.5 Å². The van der Waals surface area contributed by atoms with Crippen LogP contribution in [0.4, 0.5) is 4.39 Å². The van der Waals surface area contributed by atoms with Crippen LogP contribution in [0, 0.1) is 28.5 Å². The molecule has 0 radical (unpaired) electrons. The van der Waals surface area contributed by atoms with Crippen molar-refractivity contribution in [1.82, 2.24) is 19.5 Å². The molecule has 0 amide bonds. The zero-order valence-corrected chi connectivity index (χ0v) is 17.2. The van der Waals surface area contributed by atoms with Crippen LogP contribution in [0.3, 0.4) is 0 Å². The fourth-order valence-corrected chi connectivity index (χ4v) is 1.86. The van der Waals surface area contributed by atoms with E-state index in [0.717, 1.165) is 5.69 Å². The van der Waals surface area contributed by atoms with Crippen molar-refractivity contribution in [3.8, 4) is 17.8 Å². The first-order valence-corrected chi connectivity index (χ1v) is 7.80. The van der Waals surface area contributed by atoms with Gasteiger partial charge in [-0.1, -0.05) is 0 Å². The Kier molecular flexibility index (Phi) is 10.6. The Bertz CT molecular complexity index is 972. The van der Waals surface area contributed by atoms with Crippen LogP contribution < -0.4 is 29.6 Å². The molecule has 6 nitrogen and oxygen atoms in total. The normalized spacial score (nSPS) is 8.54. The molecule has 0 saturated heterocycles. The molecule has 1 N–H and O–H groups in total. The van der Waals surface area contributed by atoms with Gasteiger partial charge in [0.1, 0.15) is 5.82 Å². The van der Waals surface area contributed by atoms with Crippen molar-refractivity contribution in [3.63, 3.8) is 0 Å². The maximum absolute atomic E-state index is 12.1. The smallest absolute Gasteiger partial charge is 1.00 e. The molecule has 0 aliphatic carbocycles. The molecule has 2 aromatic heterocycles. The van der Waals surface area contributed by atoms with Crippen LogP contribution in [-0.4, -0.2) is 19.5 Å². The second-order valence-electron chi connectivity index (χ2n) is 5.01. The maximum atomic E-state index is 12.1. The number of benzene rings is 2. The van der Waals surface area contributed by atoms with Gasteiger partial charge in [0.2, 0.25) is 0 Å². The van der Waals surface area contributed by atoms with Crippen LogP contribution >= 0.6 is 0 Å². The summed E-state index contributed by atoms with van der Waals surface area (Å²) in [4.78, 5) is 10.4. The molecule has 0 aliphatic heterocycles. The van der Waals surface area contributed by atoms with E-state index in [2.05, 4.69) is 21.0 Å². The Hall–Kier alpha value is -3.23. The average Bonchev–Trinajstić information content (AvgIpc) is 3.46. The number of hydrogen-bond donors (Lipinski definition) is 1. The molecule has 0 saturated carbocycles. The molecule has 0 atom stereocenters. The van der Waals surface area contributed by atoms with Gasteiger partial charge in [-0.25, -0.2) is 14.4 Å². The third kappa shape index (κ3) is 7.98. The molecule has 8 heteroatoms. The molecule has 2 heterocycles. The molecule has 2 aromatic carbocycles. The van der Waals surface area contributed by atoms with Crippen LogP contribution in [0.1, 0.15) is 12.6 Å². The Morgan fingerprint density at radius 3 is 1.89 bits per heavy atom. The molecule has 4 aromatic rings. The van der Waals surface area contributed by atoms with Crippen molar-refractivity contribution in [3.05, 3.63) is 103 Å². The molecular weight excluding hydrogens is 366 g/mol. The van der Waals surface area contributed by atoms with Crippen LogP contribution in [0.25, 0.3) is 5.69 Å². The number of nitrogens with one attached hydrogen (secondary N) is 1. The number of nitrogens with zero attached hydrogens (tertiary/aromatic N) is 5. The standard InChI is InChI=1S/C10H7N3.C7H4FN.C3H4N2.Na.H/c11-7-9-1-3-10(4-2-9)13-6-5-12-8-13;8-7-3-1-6(5-9)2-4-7;1-2-5-3-4-1;;/h1-6,8H;1-4H;1-3H,(H,4,5);;/q;;;+1;-1. The van der Waals surface area contributed by atoms with Crippen LogP contribution in [-0.2, 0) is 0 Å². The van der Waals surface area contributed by atoms with E-state index in [4.69, 9.17) is 10.5 Å². The molecule has 28 heavy (non-hydrogen) atoms. The number of imidazole rings is 2. The average molecular weight is 382 g/mol. The molecule has 0 bridgehead atoms. The predicted molar refractivity (Wildman–Crippen MR) is 99.1 cm³/mol. The summed E-state index contributed by atoms with van der Waals surface area (Å²) in [5.41, 5.74) is 2.16. The first-order valence-electron chi connectivity index (χ1n) is 7.80. The minimum atomic E-state index is -0.311. The summed E-state index contributed by atoms with van der Waals surface area (Å²) in [6.45, 7) is 0. The van der Waals surface area contributed by atoms with Gasteiger partial charge in [-0.15, -0.1) is 0 Å². The van der Waals surface area contributed by atoms with Gasteiger partial charge in [0, 0.05) is 30.5 Å². The second kappa shape index (κ2) is 13.0. The predicted octanol–water partition coefficient (Wildman–Crippen LogP) is 0.968. The van der Waals surface area contributed by atoms with E-state index >= 15 is 0 Å². The molecule has 0 aliphatic rings. The van der Waals surface area contributed by atoms with Crippen molar-refractivity contribution >= 4 is 0 Å². The fraction of sp³-hybridized carbons (Fsp3) is 0. The zero-order chi connectivity index (χ0) is 19.3. The Labute approximate surface area is 185 Å². The van der Waals surface area contributed by atoms with Gasteiger partial charge >= 0.3 is 29.6 Å². The van der Waals surface area contributed by atoms with Crippen molar-refractivity contribution in [2.45, 2.75) is 0 Å². The van der Waals surface area contributed by atoms with E-state index in [1.54, 1.807) is 43.4 Å². The van der Waals surface area contributed by atoms with E-state index < -0.39 is 0 Å². The summed E-state index contributed by atoms with van der Waals surface area (Å²) in [5.74, 6) is -0.311. The van der Waals surface area contributed by atoms with E-state index in [9.17, 15) is 4.39 Å². The summed E-state index contributed by atoms with van der Waals surface area (Å²) in [6.07, 6.45) is 10.4. The maximum Gasteiger partial charge on any atom is 1.00 e. The van der Waals surface area contributed by atoms with Gasteiger partial charge in [-0.05, 0) is 48.5 Å². The van der Waals surface area contributed by atoms with Crippen molar-refractivity contribution < 1.29 is 35.4 Å². The Morgan fingerprint density at radius 1 is 0.893 bits per heavy atom. The van der Waals surface area contributed by atoms with Crippen molar-refractivity contribution in [2.75, 3.05) is 0 Å². The molecular formula is C20H16FN6Na. The zero-order valence-electron chi connectivity index (χ0n) is 16.2. The molecule has 4 rings (SSSR count). The third-order valence-corrected chi connectivity index (χ3v) is 3.18. The van der Waals surface area contributed by atoms with Crippen molar-refractivity contribution in [2.24, 2.45) is 0 Å². The summed E-state index contributed by atoms with van der Waals surface area (Å²) < 4.78 is 14.0. The van der Waals surface area contributed by atoms with E-state index in [-0.39, 0.29) is 36.8 Å². The minimum Gasteiger partial charge on any atom is -1.00 e. The summed E-state index contributed by atoms with van der Waals surface area (Å²) in [7, 11) is 0. The SMILES string of the molecule is N#Cc1ccc(-n2ccnc2)cc1.N#Cc1ccc(F)cc1.[H-].[Na+].c1c[nH]cn1. The number of nitriles is 2. The number of hydrogen-bond acceptors (Lipinski definition) is 4. The monoisotopic (exact) mass is 382 g/mol. The van der Waals surface area contributed by atoms with Gasteiger partial charge in [0.25, 0.3) is 0 Å². The number of H-pyrrole nitrogens is 1. The molecule has 0 spiro atoms. The minimum absolute atomic E-state index is 0. The second-order valence-corrected chi connectivity index (χ2v) is 5.01. The summed E-state index contributed by atoms with van der Waals surface area (Å²) in [5, 5.41) is 16.8. The molecule has 0 unspecified atom stereocenters. The first kappa shape index (κ1) is 22.8. The van der Waals surface area contributed by atoms with Crippen molar-refractivity contribution in [1.29, 1.82) is 10.5 Å². The number of halogens is 1.